The van der Waals surface area contributed by atoms with Gasteiger partial charge in [-0.05, 0) is 23.8 Å². The Morgan fingerprint density at radius 3 is 2.33 bits per heavy atom. The summed E-state index contributed by atoms with van der Waals surface area (Å²) in [6, 6.07) is 2.90. The molecule has 0 aromatic heterocycles. The molecular formula is C11H13F5N2. The molecule has 0 aliphatic carbocycles. The fourth-order valence-electron chi connectivity index (χ4n) is 1.60. The number of hydrogen-bond donors (Lipinski definition) is 1. The van der Waals surface area contributed by atoms with Crippen LogP contribution in [0.15, 0.2) is 18.2 Å². The number of alkyl halides is 5. The van der Waals surface area contributed by atoms with Crippen LogP contribution in [0.2, 0.25) is 0 Å². The Bertz CT molecular complexity index is 403. The van der Waals surface area contributed by atoms with Crippen molar-refractivity contribution in [3.63, 3.8) is 0 Å². The van der Waals surface area contributed by atoms with Gasteiger partial charge in [-0.2, -0.15) is 13.2 Å². The second-order valence-electron chi connectivity index (χ2n) is 3.82. The summed E-state index contributed by atoms with van der Waals surface area (Å²) in [6.07, 6.45) is -7.04. The fraction of sp³-hybridized carbons (Fsp3) is 0.455. The first kappa shape index (κ1) is 14.7. The van der Waals surface area contributed by atoms with Crippen molar-refractivity contribution in [1.29, 1.82) is 0 Å². The first-order valence-corrected chi connectivity index (χ1v) is 5.15. The van der Waals surface area contributed by atoms with Gasteiger partial charge in [0.2, 0.25) is 0 Å². The van der Waals surface area contributed by atoms with Crippen LogP contribution in [0.25, 0.3) is 0 Å². The van der Waals surface area contributed by atoms with Gasteiger partial charge in [0, 0.05) is 19.3 Å². The van der Waals surface area contributed by atoms with Crippen molar-refractivity contribution in [1.82, 2.24) is 0 Å². The van der Waals surface area contributed by atoms with Gasteiger partial charge in [-0.3, -0.25) is 0 Å². The fourth-order valence-corrected chi connectivity index (χ4v) is 1.60. The lowest BCUT2D eigenvalue weighted by Crippen LogP contribution is -2.25. The summed E-state index contributed by atoms with van der Waals surface area (Å²) in [6.45, 7) is -0.703. The molecule has 0 saturated carbocycles. The van der Waals surface area contributed by atoms with Crippen LogP contribution in [-0.4, -0.2) is 20.0 Å². The molecule has 2 N–H and O–H groups in total. The zero-order valence-electron chi connectivity index (χ0n) is 9.64. The van der Waals surface area contributed by atoms with Crippen molar-refractivity contribution in [3.05, 3.63) is 29.3 Å². The summed E-state index contributed by atoms with van der Waals surface area (Å²) < 4.78 is 61.9. The van der Waals surface area contributed by atoms with Crippen molar-refractivity contribution in [2.45, 2.75) is 19.1 Å². The highest BCUT2D eigenvalue weighted by Gasteiger charge is 2.31. The van der Waals surface area contributed by atoms with Crippen molar-refractivity contribution in [3.8, 4) is 0 Å². The zero-order valence-corrected chi connectivity index (χ0v) is 9.64. The van der Waals surface area contributed by atoms with Gasteiger partial charge in [0.1, 0.15) is 0 Å². The van der Waals surface area contributed by atoms with Crippen molar-refractivity contribution >= 4 is 5.69 Å². The molecule has 0 atom stereocenters. The van der Waals surface area contributed by atoms with Crippen molar-refractivity contribution in [2.24, 2.45) is 5.73 Å². The molecule has 0 amide bonds. The van der Waals surface area contributed by atoms with E-state index < -0.39 is 24.7 Å². The number of rotatable bonds is 4. The average molecular weight is 268 g/mol. The van der Waals surface area contributed by atoms with Crippen LogP contribution < -0.4 is 10.6 Å². The molecule has 0 bridgehead atoms. The van der Waals surface area contributed by atoms with E-state index in [1.54, 1.807) is 0 Å². The molecule has 0 aliphatic rings. The Balaban J connectivity index is 3.07. The third-order valence-corrected chi connectivity index (χ3v) is 2.45. The van der Waals surface area contributed by atoms with E-state index in [1.165, 1.54) is 11.9 Å². The molecule has 0 aliphatic heterocycles. The number of benzene rings is 1. The quantitative estimate of drug-likeness (QED) is 0.851. The second kappa shape index (κ2) is 5.51. The summed E-state index contributed by atoms with van der Waals surface area (Å²) in [5.74, 6) is 0. The monoisotopic (exact) mass is 268 g/mol. The third-order valence-electron chi connectivity index (χ3n) is 2.45. The largest absolute Gasteiger partial charge is 0.416 e. The molecule has 1 aromatic rings. The summed E-state index contributed by atoms with van der Waals surface area (Å²) in [5.41, 5.74) is 4.99. The average Bonchev–Trinajstić information content (AvgIpc) is 2.26. The Kier molecular flexibility index (Phi) is 4.50. The molecule has 1 aromatic carbocycles. The summed E-state index contributed by atoms with van der Waals surface area (Å²) in [7, 11) is 1.38. The Labute approximate surface area is 101 Å². The van der Waals surface area contributed by atoms with Gasteiger partial charge in [0.05, 0.1) is 12.1 Å². The van der Waals surface area contributed by atoms with Crippen LogP contribution in [-0.2, 0) is 12.7 Å². The van der Waals surface area contributed by atoms with E-state index in [4.69, 9.17) is 5.73 Å². The van der Waals surface area contributed by atoms with Gasteiger partial charge in [-0.25, -0.2) is 8.78 Å². The number of hydrogen-bond acceptors (Lipinski definition) is 2. The first-order chi connectivity index (χ1) is 8.25. The topological polar surface area (TPSA) is 29.3 Å². The maximum Gasteiger partial charge on any atom is 0.416 e. The van der Waals surface area contributed by atoms with Gasteiger partial charge < -0.3 is 10.6 Å². The standard InChI is InChI=1S/C11H13F5N2/c1-18(6-10(12)13)9-3-2-8(11(14,15)16)4-7(9)5-17/h2-4,10H,5-6,17H2,1H3. The molecule has 2 nitrogen and oxygen atoms in total. The SMILES string of the molecule is CN(CC(F)F)c1ccc(C(F)(F)F)cc1CN. The molecule has 0 spiro atoms. The maximum atomic E-state index is 12.5. The maximum absolute atomic E-state index is 12.5. The Hall–Kier alpha value is -1.37. The second-order valence-corrected chi connectivity index (χ2v) is 3.82. The van der Waals surface area contributed by atoms with Crippen LogP contribution >= 0.6 is 0 Å². The van der Waals surface area contributed by atoms with Crippen molar-refractivity contribution in [2.75, 3.05) is 18.5 Å². The van der Waals surface area contributed by atoms with Gasteiger partial charge in [0.25, 0.3) is 6.43 Å². The smallest absolute Gasteiger partial charge is 0.369 e. The number of anilines is 1. The van der Waals surface area contributed by atoms with Crippen LogP contribution in [0.3, 0.4) is 0 Å². The van der Waals surface area contributed by atoms with E-state index in [0.717, 1.165) is 18.2 Å². The summed E-state index contributed by atoms with van der Waals surface area (Å²) in [4.78, 5) is 1.19. The third kappa shape index (κ3) is 3.56. The lowest BCUT2D eigenvalue weighted by atomic mass is 10.1. The molecule has 18 heavy (non-hydrogen) atoms. The predicted molar refractivity (Wildman–Crippen MR) is 58.6 cm³/mol. The minimum absolute atomic E-state index is 0.146. The van der Waals surface area contributed by atoms with Crippen LogP contribution in [0.4, 0.5) is 27.6 Å². The van der Waals surface area contributed by atoms with E-state index in [9.17, 15) is 22.0 Å². The highest BCUT2D eigenvalue weighted by atomic mass is 19.4. The molecule has 0 heterocycles. The lowest BCUT2D eigenvalue weighted by molar-refractivity contribution is -0.137. The minimum Gasteiger partial charge on any atom is -0.369 e. The minimum atomic E-state index is -4.47. The van der Waals surface area contributed by atoms with E-state index in [-0.39, 0.29) is 17.8 Å². The molecule has 0 saturated heterocycles. The Morgan fingerprint density at radius 2 is 1.89 bits per heavy atom. The number of nitrogens with zero attached hydrogens (tertiary/aromatic N) is 1. The highest BCUT2D eigenvalue weighted by molar-refractivity contribution is 5.55. The van der Waals surface area contributed by atoms with E-state index in [0.29, 0.717) is 0 Å². The number of halogens is 5. The Morgan fingerprint density at radius 1 is 1.28 bits per heavy atom. The number of nitrogens with two attached hydrogens (primary N) is 1. The predicted octanol–water partition coefficient (Wildman–Crippen LogP) is 2.87. The zero-order chi connectivity index (χ0) is 13.9. The van der Waals surface area contributed by atoms with Crippen LogP contribution in [0, 0.1) is 0 Å². The van der Waals surface area contributed by atoms with Crippen molar-refractivity contribution < 1.29 is 22.0 Å². The molecular weight excluding hydrogens is 255 g/mol. The van der Waals surface area contributed by atoms with E-state index in [2.05, 4.69) is 0 Å². The van der Waals surface area contributed by atoms with Gasteiger partial charge in [-0.1, -0.05) is 0 Å². The normalized spacial score (nSPS) is 12.0. The molecule has 0 unspecified atom stereocenters. The van der Waals surface area contributed by atoms with Gasteiger partial charge in [-0.15, -0.1) is 0 Å². The highest BCUT2D eigenvalue weighted by Crippen LogP contribution is 2.32. The molecule has 0 radical (unpaired) electrons. The molecule has 102 valence electrons. The van der Waals surface area contributed by atoms with Gasteiger partial charge in [0.15, 0.2) is 0 Å². The van der Waals surface area contributed by atoms with Gasteiger partial charge >= 0.3 is 6.18 Å². The van der Waals surface area contributed by atoms with E-state index >= 15 is 0 Å². The summed E-state index contributed by atoms with van der Waals surface area (Å²) >= 11 is 0. The molecule has 1 rings (SSSR count). The molecule has 0 fully saturated rings. The summed E-state index contributed by atoms with van der Waals surface area (Å²) in [5, 5.41) is 0. The van der Waals surface area contributed by atoms with Crippen LogP contribution in [0.1, 0.15) is 11.1 Å². The van der Waals surface area contributed by atoms with Crippen LogP contribution in [0.5, 0.6) is 0 Å². The molecule has 7 heteroatoms. The first-order valence-electron chi connectivity index (χ1n) is 5.15. The van der Waals surface area contributed by atoms with E-state index in [1.807, 2.05) is 0 Å². The lowest BCUT2D eigenvalue weighted by Gasteiger charge is -2.22.